The van der Waals surface area contributed by atoms with Crippen molar-refractivity contribution in [1.82, 2.24) is 10.3 Å². The van der Waals surface area contributed by atoms with Crippen LogP contribution in [0.15, 0.2) is 27.2 Å². The van der Waals surface area contributed by atoms with E-state index in [1.165, 1.54) is 11.3 Å². The summed E-state index contributed by atoms with van der Waals surface area (Å²) in [6, 6.07) is 3.74. The van der Waals surface area contributed by atoms with Crippen LogP contribution in [-0.2, 0) is 0 Å². The van der Waals surface area contributed by atoms with Crippen LogP contribution in [0.4, 0.5) is 5.69 Å². The Kier molecular flexibility index (Phi) is 4.39. The number of furan rings is 1. The van der Waals surface area contributed by atoms with E-state index in [0.717, 1.165) is 25.4 Å². The van der Waals surface area contributed by atoms with Gasteiger partial charge in [-0.15, -0.1) is 11.3 Å². The monoisotopic (exact) mass is 411 g/mol. The molecule has 0 atom stereocenters. The van der Waals surface area contributed by atoms with Gasteiger partial charge in [-0.3, -0.25) is 4.79 Å². The minimum atomic E-state index is -0.191. The summed E-state index contributed by atoms with van der Waals surface area (Å²) in [5.41, 5.74) is 1.99. The lowest BCUT2D eigenvalue weighted by Crippen LogP contribution is -2.18. The molecule has 0 aliphatic carbocycles. The van der Waals surface area contributed by atoms with Gasteiger partial charge in [0.1, 0.15) is 5.58 Å². The summed E-state index contributed by atoms with van der Waals surface area (Å²) in [7, 11) is 3.43. The van der Waals surface area contributed by atoms with Gasteiger partial charge in [-0.05, 0) is 28.9 Å². The Morgan fingerprint density at radius 3 is 2.78 bits per heavy atom. The molecule has 0 unspecified atom stereocenters. The van der Waals surface area contributed by atoms with E-state index in [9.17, 15) is 4.79 Å². The van der Waals surface area contributed by atoms with Crippen LogP contribution in [0.1, 0.15) is 15.4 Å². The summed E-state index contributed by atoms with van der Waals surface area (Å²) in [6.45, 7) is 1.92. The van der Waals surface area contributed by atoms with Gasteiger partial charge < -0.3 is 14.0 Å². The maximum Gasteiger partial charge on any atom is 0.255 e. The summed E-state index contributed by atoms with van der Waals surface area (Å²) in [5, 5.41) is 4.34. The Morgan fingerprint density at radius 2 is 2.22 bits per heavy atom. The van der Waals surface area contributed by atoms with Crippen molar-refractivity contribution in [1.29, 1.82) is 0 Å². The molecule has 8 heteroatoms. The van der Waals surface area contributed by atoms with Crippen molar-refractivity contribution < 1.29 is 9.21 Å². The van der Waals surface area contributed by atoms with Gasteiger partial charge in [0.05, 0.1) is 21.1 Å². The fourth-order valence-electron chi connectivity index (χ4n) is 2.34. The number of hydrogen-bond donors (Lipinski definition) is 2. The third-order valence-corrected chi connectivity index (χ3v) is 5.17. The van der Waals surface area contributed by atoms with Gasteiger partial charge in [-0.1, -0.05) is 12.8 Å². The van der Waals surface area contributed by atoms with Crippen LogP contribution in [0, 0.1) is 6.92 Å². The summed E-state index contributed by atoms with van der Waals surface area (Å²) >= 11 is 9.33. The average molecular weight is 412 g/mol. The highest BCUT2D eigenvalue weighted by atomic mass is 79.9. The van der Waals surface area contributed by atoms with Gasteiger partial charge in [-0.2, -0.15) is 0 Å². The van der Waals surface area contributed by atoms with Gasteiger partial charge in [0, 0.05) is 36.2 Å². The minimum absolute atomic E-state index is 0.191. The van der Waals surface area contributed by atoms with Crippen molar-refractivity contribution in [2.24, 2.45) is 0 Å². The van der Waals surface area contributed by atoms with Crippen LogP contribution in [0.5, 0.6) is 0 Å². The fourth-order valence-corrected chi connectivity index (χ4v) is 4.02. The summed E-state index contributed by atoms with van der Waals surface area (Å²) in [5.74, 6) is 0.347. The van der Waals surface area contributed by atoms with Crippen LogP contribution in [0.3, 0.4) is 0 Å². The van der Waals surface area contributed by atoms with E-state index in [0.29, 0.717) is 16.9 Å². The topological polar surface area (TPSA) is 58.4 Å². The molecule has 0 radical (unpaired) electrons. The first kappa shape index (κ1) is 16.4. The molecule has 3 rings (SSSR count). The van der Waals surface area contributed by atoms with E-state index in [1.807, 2.05) is 26.1 Å². The van der Waals surface area contributed by atoms with Gasteiger partial charge in [0.15, 0.2) is 5.76 Å². The smallest absolute Gasteiger partial charge is 0.255 e. The van der Waals surface area contributed by atoms with Crippen molar-refractivity contribution in [3.05, 3.63) is 33.4 Å². The number of amides is 1. The zero-order valence-corrected chi connectivity index (χ0v) is 16.0. The molecule has 0 saturated carbocycles. The van der Waals surface area contributed by atoms with Gasteiger partial charge in [0.25, 0.3) is 5.91 Å². The molecule has 2 aromatic heterocycles. The van der Waals surface area contributed by atoms with Gasteiger partial charge in [0.2, 0.25) is 0 Å². The fraction of sp³-hybridized carbons (Fsp3) is 0.200. The Hall–Kier alpha value is -1.51. The second kappa shape index (κ2) is 6.18. The van der Waals surface area contributed by atoms with Crippen molar-refractivity contribution >= 4 is 62.6 Å². The molecule has 0 spiro atoms. The number of benzene rings is 1. The third-order valence-electron chi connectivity index (χ3n) is 3.41. The first-order chi connectivity index (χ1) is 10.9. The Bertz CT molecular complexity index is 902. The quantitative estimate of drug-likeness (QED) is 0.631. The number of nitrogens with one attached hydrogen (secondary N) is 1. The van der Waals surface area contributed by atoms with E-state index >= 15 is 0 Å². The standard InChI is InChI=1S/C15H14BrN3O2S2/c1-7-18-6-12(23-7)14-13(15(20)17-2)8-4-9(16)10(19(3)22)5-11(8)21-14/h4-6,22H,1-3H3,(H,17,20). The number of hydrogen-bond acceptors (Lipinski definition) is 6. The SMILES string of the molecule is CNC(=O)c1c(-c2cnc(C)s2)oc2cc(N(C)S)c(Br)cc12. The first-order valence-electron chi connectivity index (χ1n) is 6.76. The molecule has 0 aliphatic rings. The molecular weight excluding hydrogens is 398 g/mol. The van der Waals surface area contributed by atoms with E-state index < -0.39 is 0 Å². The minimum Gasteiger partial charge on any atom is -0.454 e. The first-order valence-corrected chi connectivity index (χ1v) is 8.77. The maximum atomic E-state index is 12.4. The molecule has 0 fully saturated rings. The second-order valence-electron chi connectivity index (χ2n) is 4.95. The highest BCUT2D eigenvalue weighted by Crippen LogP contribution is 2.40. The molecule has 0 aliphatic heterocycles. The van der Waals surface area contributed by atoms with Crippen molar-refractivity contribution in [3.63, 3.8) is 0 Å². The van der Waals surface area contributed by atoms with Crippen LogP contribution < -0.4 is 9.62 Å². The van der Waals surface area contributed by atoms with Crippen LogP contribution in [-0.4, -0.2) is 25.0 Å². The molecule has 2 heterocycles. The van der Waals surface area contributed by atoms with E-state index in [1.54, 1.807) is 17.5 Å². The number of halogens is 1. The predicted octanol–water partition coefficient (Wildman–Crippen LogP) is 4.27. The van der Waals surface area contributed by atoms with Crippen LogP contribution in [0.2, 0.25) is 0 Å². The Labute approximate surface area is 151 Å². The zero-order chi connectivity index (χ0) is 16.7. The van der Waals surface area contributed by atoms with E-state index in [-0.39, 0.29) is 5.91 Å². The Morgan fingerprint density at radius 1 is 1.48 bits per heavy atom. The van der Waals surface area contributed by atoms with Crippen molar-refractivity contribution in [3.8, 4) is 10.6 Å². The zero-order valence-electron chi connectivity index (χ0n) is 12.7. The summed E-state index contributed by atoms with van der Waals surface area (Å²) in [6.07, 6.45) is 1.73. The number of fused-ring (bicyclic) bond motifs is 1. The molecule has 0 bridgehead atoms. The molecule has 23 heavy (non-hydrogen) atoms. The lowest BCUT2D eigenvalue weighted by atomic mass is 10.1. The molecular formula is C15H14BrN3O2S2. The normalized spacial score (nSPS) is 11.0. The average Bonchev–Trinajstić information content (AvgIpc) is 3.08. The van der Waals surface area contributed by atoms with E-state index in [2.05, 4.69) is 39.0 Å². The lowest BCUT2D eigenvalue weighted by molar-refractivity contribution is 0.0965. The highest BCUT2D eigenvalue weighted by molar-refractivity contribution is 9.10. The molecule has 5 nitrogen and oxygen atoms in total. The Balaban J connectivity index is 2.33. The van der Waals surface area contributed by atoms with Crippen molar-refractivity contribution in [2.45, 2.75) is 6.92 Å². The molecule has 0 saturated heterocycles. The number of aromatic nitrogens is 1. The number of thiazole rings is 1. The molecule has 1 aromatic carbocycles. The molecule has 1 N–H and O–H groups in total. The number of carbonyl (C=O) groups excluding carboxylic acids is 1. The van der Waals surface area contributed by atoms with Crippen LogP contribution >= 0.6 is 40.1 Å². The van der Waals surface area contributed by atoms with Crippen molar-refractivity contribution in [2.75, 3.05) is 18.4 Å². The molecule has 120 valence electrons. The van der Waals surface area contributed by atoms with Gasteiger partial charge >= 0.3 is 0 Å². The second-order valence-corrected chi connectivity index (χ2v) is 7.64. The maximum absolute atomic E-state index is 12.4. The van der Waals surface area contributed by atoms with E-state index in [4.69, 9.17) is 4.42 Å². The number of aryl methyl sites for hydroxylation is 1. The largest absolute Gasteiger partial charge is 0.454 e. The number of rotatable bonds is 3. The number of carbonyl (C=O) groups is 1. The molecule has 3 aromatic rings. The summed E-state index contributed by atoms with van der Waals surface area (Å²) in [4.78, 5) is 17.5. The number of nitrogens with zero attached hydrogens (tertiary/aromatic N) is 2. The van der Waals surface area contributed by atoms with Gasteiger partial charge in [-0.25, -0.2) is 4.98 Å². The third kappa shape index (κ3) is 2.86. The number of thiol groups is 1. The highest BCUT2D eigenvalue weighted by Gasteiger charge is 2.24. The summed E-state index contributed by atoms with van der Waals surface area (Å²) < 4.78 is 8.51. The molecule has 1 amide bonds. The predicted molar refractivity (Wildman–Crippen MR) is 101 cm³/mol. The number of anilines is 1. The van der Waals surface area contributed by atoms with Crippen LogP contribution in [0.25, 0.3) is 21.6 Å². The lowest BCUT2D eigenvalue weighted by Gasteiger charge is -2.12.